The first kappa shape index (κ1) is 13.6. The predicted molar refractivity (Wildman–Crippen MR) is 59.6 cm³/mol. The van der Waals surface area contributed by atoms with Crippen LogP contribution < -0.4 is 4.72 Å². The van der Waals surface area contributed by atoms with Gasteiger partial charge in [-0.05, 0) is 18.6 Å². The van der Waals surface area contributed by atoms with Crippen molar-refractivity contribution >= 4 is 10.0 Å². The van der Waals surface area contributed by atoms with Crippen LogP contribution in [-0.4, -0.2) is 14.5 Å². The zero-order valence-electron chi connectivity index (χ0n) is 9.07. The molecular formula is C11H11F2NO2S. The van der Waals surface area contributed by atoms with E-state index in [0.29, 0.717) is 12.5 Å². The third-order valence-electron chi connectivity index (χ3n) is 2.09. The van der Waals surface area contributed by atoms with E-state index in [4.69, 9.17) is 6.42 Å². The van der Waals surface area contributed by atoms with E-state index in [1.54, 1.807) is 6.92 Å². The lowest BCUT2D eigenvalue weighted by Crippen LogP contribution is -2.33. The number of nitrogens with one attached hydrogen (secondary N) is 1. The number of hydrogen-bond donors (Lipinski definition) is 1. The van der Waals surface area contributed by atoms with Gasteiger partial charge in [-0.15, -0.1) is 6.42 Å². The van der Waals surface area contributed by atoms with E-state index in [1.807, 2.05) is 0 Å². The zero-order valence-corrected chi connectivity index (χ0v) is 9.89. The van der Waals surface area contributed by atoms with Crippen molar-refractivity contribution in [3.63, 3.8) is 0 Å². The van der Waals surface area contributed by atoms with Crippen LogP contribution in [0.3, 0.4) is 0 Å². The summed E-state index contributed by atoms with van der Waals surface area (Å²) in [6.07, 6.45) is 5.47. The Labute approximate surface area is 98.9 Å². The van der Waals surface area contributed by atoms with Crippen molar-refractivity contribution < 1.29 is 17.2 Å². The lowest BCUT2D eigenvalue weighted by Gasteiger charge is -2.11. The SMILES string of the molecule is C#CC(CC)NS(=O)(=O)c1ccc(F)cc1F. The van der Waals surface area contributed by atoms with E-state index in [1.165, 1.54) is 0 Å². The molecule has 1 aromatic rings. The van der Waals surface area contributed by atoms with E-state index < -0.39 is 32.6 Å². The molecule has 6 heteroatoms. The fourth-order valence-corrected chi connectivity index (χ4v) is 2.48. The molecule has 0 saturated carbocycles. The lowest BCUT2D eigenvalue weighted by molar-refractivity contribution is 0.538. The van der Waals surface area contributed by atoms with Crippen LogP contribution in [0.15, 0.2) is 23.1 Å². The summed E-state index contributed by atoms with van der Waals surface area (Å²) >= 11 is 0. The molecule has 1 aromatic carbocycles. The molecule has 0 radical (unpaired) electrons. The Bertz CT molecular complexity index is 549. The lowest BCUT2D eigenvalue weighted by atomic mass is 10.3. The molecule has 1 atom stereocenters. The summed E-state index contributed by atoms with van der Waals surface area (Å²) in [6.45, 7) is 1.69. The Balaban J connectivity index is 3.10. The van der Waals surface area contributed by atoms with E-state index in [-0.39, 0.29) is 0 Å². The van der Waals surface area contributed by atoms with Crippen LogP contribution in [0.2, 0.25) is 0 Å². The van der Waals surface area contributed by atoms with Crippen molar-refractivity contribution in [2.45, 2.75) is 24.3 Å². The monoisotopic (exact) mass is 259 g/mol. The minimum absolute atomic E-state index is 0.374. The van der Waals surface area contributed by atoms with Crippen LogP contribution in [0.25, 0.3) is 0 Å². The van der Waals surface area contributed by atoms with Gasteiger partial charge in [-0.25, -0.2) is 17.2 Å². The van der Waals surface area contributed by atoms with Gasteiger partial charge in [0.05, 0.1) is 6.04 Å². The minimum atomic E-state index is -4.07. The second-order valence-corrected chi connectivity index (χ2v) is 5.01. The molecule has 0 heterocycles. The maximum absolute atomic E-state index is 13.3. The molecule has 0 aromatic heterocycles. The molecule has 0 spiro atoms. The predicted octanol–water partition coefficient (Wildman–Crippen LogP) is 1.65. The summed E-state index contributed by atoms with van der Waals surface area (Å²) in [6, 6.07) is 1.51. The highest BCUT2D eigenvalue weighted by atomic mass is 32.2. The second-order valence-electron chi connectivity index (χ2n) is 3.32. The number of halogens is 2. The maximum atomic E-state index is 13.3. The van der Waals surface area contributed by atoms with Crippen molar-refractivity contribution in [2.24, 2.45) is 0 Å². The van der Waals surface area contributed by atoms with Crippen molar-refractivity contribution in [1.29, 1.82) is 0 Å². The highest BCUT2D eigenvalue weighted by Gasteiger charge is 2.21. The van der Waals surface area contributed by atoms with Gasteiger partial charge in [0, 0.05) is 6.07 Å². The molecule has 3 nitrogen and oxygen atoms in total. The summed E-state index contributed by atoms with van der Waals surface area (Å²) in [4.78, 5) is -0.618. The van der Waals surface area contributed by atoms with Gasteiger partial charge in [0.15, 0.2) is 0 Å². The largest absolute Gasteiger partial charge is 0.244 e. The van der Waals surface area contributed by atoms with Crippen LogP contribution in [0.1, 0.15) is 13.3 Å². The van der Waals surface area contributed by atoms with Gasteiger partial charge in [0.25, 0.3) is 0 Å². The molecule has 0 aliphatic carbocycles. The number of rotatable bonds is 4. The molecule has 1 unspecified atom stereocenters. The maximum Gasteiger partial charge on any atom is 0.244 e. The average Bonchev–Trinajstić information content (AvgIpc) is 2.25. The summed E-state index contributed by atoms with van der Waals surface area (Å²) in [5.74, 6) is 0.231. The van der Waals surface area contributed by atoms with Crippen molar-refractivity contribution in [2.75, 3.05) is 0 Å². The highest BCUT2D eigenvalue weighted by Crippen LogP contribution is 2.15. The smallest absolute Gasteiger partial charge is 0.207 e. The van der Waals surface area contributed by atoms with Gasteiger partial charge in [0.1, 0.15) is 16.5 Å². The van der Waals surface area contributed by atoms with Crippen LogP contribution >= 0.6 is 0 Å². The van der Waals surface area contributed by atoms with Gasteiger partial charge in [0.2, 0.25) is 10.0 Å². The first-order chi connectivity index (χ1) is 7.90. The zero-order chi connectivity index (χ0) is 13.1. The van der Waals surface area contributed by atoms with Gasteiger partial charge < -0.3 is 0 Å². The third kappa shape index (κ3) is 3.25. The molecule has 0 saturated heterocycles. The molecule has 17 heavy (non-hydrogen) atoms. The van der Waals surface area contributed by atoms with Gasteiger partial charge in [-0.2, -0.15) is 4.72 Å². The number of terminal acetylenes is 1. The molecule has 1 rings (SSSR count). The normalized spacial score (nSPS) is 13.1. The van der Waals surface area contributed by atoms with E-state index in [0.717, 1.165) is 12.1 Å². The Kier molecular flexibility index (Phi) is 4.21. The summed E-state index contributed by atoms with van der Waals surface area (Å²) in [7, 11) is -4.07. The van der Waals surface area contributed by atoms with E-state index in [2.05, 4.69) is 10.6 Å². The van der Waals surface area contributed by atoms with Crippen molar-refractivity contribution in [1.82, 2.24) is 4.72 Å². The van der Waals surface area contributed by atoms with Crippen molar-refractivity contribution in [3.8, 4) is 12.3 Å². The molecule has 92 valence electrons. The minimum Gasteiger partial charge on any atom is -0.207 e. The quantitative estimate of drug-likeness (QED) is 0.836. The molecule has 1 N–H and O–H groups in total. The van der Waals surface area contributed by atoms with E-state index >= 15 is 0 Å². The van der Waals surface area contributed by atoms with Gasteiger partial charge in [-0.3, -0.25) is 0 Å². The number of hydrogen-bond acceptors (Lipinski definition) is 2. The van der Waals surface area contributed by atoms with Crippen LogP contribution in [0.4, 0.5) is 8.78 Å². The first-order valence-corrected chi connectivity index (χ1v) is 6.32. The summed E-state index contributed by atoms with van der Waals surface area (Å²) in [5.41, 5.74) is 0. The van der Waals surface area contributed by atoms with Crippen LogP contribution in [0, 0.1) is 24.0 Å². The summed E-state index contributed by atoms with van der Waals surface area (Å²) < 4.78 is 51.5. The second kappa shape index (κ2) is 5.25. The molecule has 0 bridgehead atoms. The third-order valence-corrected chi connectivity index (χ3v) is 3.60. The molecule has 0 aliphatic heterocycles. The first-order valence-electron chi connectivity index (χ1n) is 4.84. The standard InChI is InChI=1S/C11H11F2NO2S/c1-3-9(4-2)14-17(15,16)11-6-5-8(12)7-10(11)13/h1,5-7,9,14H,4H2,2H3. The molecule has 0 fully saturated rings. The molecule has 0 amide bonds. The topological polar surface area (TPSA) is 46.2 Å². The van der Waals surface area contributed by atoms with Crippen LogP contribution in [-0.2, 0) is 10.0 Å². The fraction of sp³-hybridized carbons (Fsp3) is 0.273. The highest BCUT2D eigenvalue weighted by molar-refractivity contribution is 7.89. The Morgan fingerprint density at radius 1 is 1.47 bits per heavy atom. The van der Waals surface area contributed by atoms with Gasteiger partial charge >= 0.3 is 0 Å². The number of sulfonamides is 1. The Morgan fingerprint density at radius 2 is 2.12 bits per heavy atom. The Hall–Kier alpha value is -1.45. The fourth-order valence-electron chi connectivity index (χ4n) is 1.18. The Morgan fingerprint density at radius 3 is 2.59 bits per heavy atom. The molecular weight excluding hydrogens is 248 g/mol. The number of benzene rings is 1. The van der Waals surface area contributed by atoms with Crippen molar-refractivity contribution in [3.05, 3.63) is 29.8 Å². The summed E-state index contributed by atoms with van der Waals surface area (Å²) in [5, 5.41) is 0. The van der Waals surface area contributed by atoms with Gasteiger partial charge in [-0.1, -0.05) is 12.8 Å². The molecule has 0 aliphatic rings. The van der Waals surface area contributed by atoms with Crippen LogP contribution in [0.5, 0.6) is 0 Å². The van der Waals surface area contributed by atoms with E-state index in [9.17, 15) is 17.2 Å². The average molecular weight is 259 g/mol.